The fourth-order valence-electron chi connectivity index (χ4n) is 1.61. The van der Waals surface area contributed by atoms with Gasteiger partial charge in [-0.15, -0.1) is 0 Å². The average molecular weight is 221 g/mol. The van der Waals surface area contributed by atoms with Gasteiger partial charge in [-0.3, -0.25) is 9.36 Å². The molecule has 1 aromatic heterocycles. The smallest absolute Gasteiger partial charge is 0.326 e. The Morgan fingerprint density at radius 3 is 2.94 bits per heavy atom. The number of carbonyl (C=O) groups is 1. The third kappa shape index (κ3) is 1.77. The molecular formula is C10H11N3O3. The molecule has 0 saturated heterocycles. The second kappa shape index (κ2) is 3.73. The third-order valence-corrected chi connectivity index (χ3v) is 2.35. The van der Waals surface area contributed by atoms with Crippen molar-refractivity contribution in [3.8, 4) is 0 Å². The molecule has 0 aliphatic heterocycles. The number of aromatic amines is 1. The van der Waals surface area contributed by atoms with Crippen molar-refractivity contribution in [2.45, 2.75) is 13.0 Å². The SMILES string of the molecule is Nc1ccc2c(c1)[nH]c(=O)n2CCC(=O)O. The van der Waals surface area contributed by atoms with Crippen LogP contribution in [0, 0.1) is 0 Å². The maximum absolute atomic E-state index is 11.5. The second-order valence-corrected chi connectivity index (χ2v) is 3.50. The highest BCUT2D eigenvalue weighted by molar-refractivity contribution is 5.79. The van der Waals surface area contributed by atoms with E-state index in [0.29, 0.717) is 16.7 Å². The number of rotatable bonds is 3. The quantitative estimate of drug-likeness (QED) is 0.652. The first-order chi connectivity index (χ1) is 7.58. The highest BCUT2D eigenvalue weighted by atomic mass is 16.4. The molecule has 2 aromatic rings. The Hall–Kier alpha value is -2.24. The number of H-pyrrole nitrogens is 1. The summed E-state index contributed by atoms with van der Waals surface area (Å²) in [6.07, 6.45) is -0.0861. The van der Waals surface area contributed by atoms with Gasteiger partial charge in [-0.2, -0.15) is 0 Å². The summed E-state index contributed by atoms with van der Waals surface area (Å²) in [7, 11) is 0. The van der Waals surface area contributed by atoms with E-state index in [9.17, 15) is 9.59 Å². The molecule has 84 valence electrons. The van der Waals surface area contributed by atoms with Crippen LogP contribution in [-0.2, 0) is 11.3 Å². The lowest BCUT2D eigenvalue weighted by Crippen LogP contribution is -2.18. The summed E-state index contributed by atoms with van der Waals surface area (Å²) in [4.78, 5) is 24.6. The molecule has 0 atom stereocenters. The zero-order valence-corrected chi connectivity index (χ0v) is 8.43. The first-order valence-corrected chi connectivity index (χ1v) is 4.78. The van der Waals surface area contributed by atoms with E-state index in [1.54, 1.807) is 18.2 Å². The lowest BCUT2D eigenvalue weighted by atomic mass is 10.3. The van der Waals surface area contributed by atoms with E-state index in [2.05, 4.69) is 4.98 Å². The molecule has 0 amide bonds. The summed E-state index contributed by atoms with van der Waals surface area (Å²) in [6.45, 7) is 0.151. The van der Waals surface area contributed by atoms with Crippen molar-refractivity contribution in [3.05, 3.63) is 28.7 Å². The number of aliphatic carboxylic acids is 1. The lowest BCUT2D eigenvalue weighted by molar-refractivity contribution is -0.137. The van der Waals surface area contributed by atoms with Gasteiger partial charge < -0.3 is 15.8 Å². The Bertz CT molecular complexity index is 597. The van der Waals surface area contributed by atoms with Crippen molar-refractivity contribution < 1.29 is 9.90 Å². The summed E-state index contributed by atoms with van der Waals surface area (Å²) >= 11 is 0. The standard InChI is InChI=1S/C10H11N3O3/c11-6-1-2-8-7(5-6)12-10(16)13(8)4-3-9(14)15/h1-2,5H,3-4,11H2,(H,12,16)(H,14,15). The number of nitrogens with zero attached hydrogens (tertiary/aromatic N) is 1. The fraction of sp³-hybridized carbons (Fsp3) is 0.200. The Labute approximate surface area is 90.3 Å². The van der Waals surface area contributed by atoms with Crippen LogP contribution in [0.25, 0.3) is 11.0 Å². The predicted molar refractivity (Wildman–Crippen MR) is 59.2 cm³/mol. The number of hydrogen-bond donors (Lipinski definition) is 3. The molecule has 0 radical (unpaired) electrons. The number of carboxylic acids is 1. The van der Waals surface area contributed by atoms with Crippen LogP contribution in [0.15, 0.2) is 23.0 Å². The molecule has 0 unspecified atom stereocenters. The van der Waals surface area contributed by atoms with Crippen molar-refractivity contribution in [1.29, 1.82) is 0 Å². The molecule has 2 rings (SSSR count). The Morgan fingerprint density at radius 1 is 1.50 bits per heavy atom. The van der Waals surface area contributed by atoms with Crippen LogP contribution in [0.4, 0.5) is 5.69 Å². The van der Waals surface area contributed by atoms with Crippen molar-refractivity contribution in [1.82, 2.24) is 9.55 Å². The molecule has 6 nitrogen and oxygen atoms in total. The van der Waals surface area contributed by atoms with Crippen LogP contribution in [-0.4, -0.2) is 20.6 Å². The topological polar surface area (TPSA) is 101 Å². The second-order valence-electron chi connectivity index (χ2n) is 3.50. The minimum atomic E-state index is -0.934. The first kappa shape index (κ1) is 10.3. The van der Waals surface area contributed by atoms with Gasteiger partial charge in [0.15, 0.2) is 0 Å². The van der Waals surface area contributed by atoms with Gasteiger partial charge >= 0.3 is 11.7 Å². The predicted octanol–water partition coefficient (Wildman–Crippen LogP) is 0.387. The number of nitrogens with two attached hydrogens (primary N) is 1. The van der Waals surface area contributed by atoms with E-state index < -0.39 is 5.97 Å². The van der Waals surface area contributed by atoms with Crippen LogP contribution in [0.5, 0.6) is 0 Å². The summed E-state index contributed by atoms with van der Waals surface area (Å²) < 4.78 is 1.39. The average Bonchev–Trinajstić information content (AvgIpc) is 2.50. The summed E-state index contributed by atoms with van der Waals surface area (Å²) in [5, 5.41) is 8.57. The molecule has 1 aromatic carbocycles. The number of aromatic nitrogens is 2. The Kier molecular flexibility index (Phi) is 2.40. The normalized spacial score (nSPS) is 10.8. The van der Waals surface area contributed by atoms with Gasteiger partial charge in [0.25, 0.3) is 0 Å². The van der Waals surface area contributed by atoms with Crippen molar-refractivity contribution in [2.24, 2.45) is 0 Å². The zero-order chi connectivity index (χ0) is 11.7. The Morgan fingerprint density at radius 2 is 2.25 bits per heavy atom. The van der Waals surface area contributed by atoms with Crippen molar-refractivity contribution in [2.75, 3.05) is 5.73 Å². The number of fused-ring (bicyclic) bond motifs is 1. The third-order valence-electron chi connectivity index (χ3n) is 2.35. The van der Waals surface area contributed by atoms with E-state index in [0.717, 1.165) is 0 Å². The van der Waals surface area contributed by atoms with Crippen LogP contribution in [0.2, 0.25) is 0 Å². The molecule has 4 N–H and O–H groups in total. The summed E-state index contributed by atoms with van der Waals surface area (Å²) in [6, 6.07) is 5.02. The van der Waals surface area contributed by atoms with Crippen molar-refractivity contribution >= 4 is 22.7 Å². The highest BCUT2D eigenvalue weighted by Gasteiger charge is 2.07. The molecule has 0 spiro atoms. The summed E-state index contributed by atoms with van der Waals surface area (Å²) in [5.41, 5.74) is 7.10. The van der Waals surface area contributed by atoms with E-state index in [-0.39, 0.29) is 18.7 Å². The van der Waals surface area contributed by atoms with Gasteiger partial charge in [-0.25, -0.2) is 4.79 Å². The van der Waals surface area contributed by atoms with Crippen LogP contribution in [0.3, 0.4) is 0 Å². The van der Waals surface area contributed by atoms with Gasteiger partial charge in [-0.05, 0) is 18.2 Å². The van der Waals surface area contributed by atoms with Gasteiger partial charge in [-0.1, -0.05) is 0 Å². The summed E-state index contributed by atoms with van der Waals surface area (Å²) in [5.74, 6) is -0.934. The van der Waals surface area contributed by atoms with Gasteiger partial charge in [0.05, 0.1) is 17.5 Å². The largest absolute Gasteiger partial charge is 0.481 e. The molecule has 6 heteroatoms. The number of aryl methyl sites for hydroxylation is 1. The number of carboxylic acid groups (broad SMARTS) is 1. The minimum Gasteiger partial charge on any atom is -0.481 e. The number of imidazole rings is 1. The van der Waals surface area contributed by atoms with E-state index in [4.69, 9.17) is 10.8 Å². The van der Waals surface area contributed by atoms with Gasteiger partial charge in [0, 0.05) is 12.2 Å². The maximum atomic E-state index is 11.5. The molecule has 0 aliphatic carbocycles. The number of nitrogen functional groups attached to an aromatic ring is 1. The molecule has 0 fully saturated rings. The van der Waals surface area contributed by atoms with Crippen LogP contribution in [0.1, 0.15) is 6.42 Å². The molecule has 0 saturated carbocycles. The fourth-order valence-corrected chi connectivity index (χ4v) is 1.61. The molecule has 1 heterocycles. The highest BCUT2D eigenvalue weighted by Crippen LogP contribution is 2.14. The number of benzene rings is 1. The lowest BCUT2D eigenvalue weighted by Gasteiger charge is -2.00. The molecule has 0 bridgehead atoms. The molecular weight excluding hydrogens is 210 g/mol. The number of nitrogens with one attached hydrogen (secondary N) is 1. The van der Waals surface area contributed by atoms with Crippen molar-refractivity contribution in [3.63, 3.8) is 0 Å². The van der Waals surface area contributed by atoms with Crippen LogP contribution < -0.4 is 11.4 Å². The zero-order valence-electron chi connectivity index (χ0n) is 8.43. The molecule has 0 aliphatic rings. The number of hydrogen-bond acceptors (Lipinski definition) is 3. The first-order valence-electron chi connectivity index (χ1n) is 4.78. The number of anilines is 1. The van der Waals surface area contributed by atoms with E-state index >= 15 is 0 Å². The van der Waals surface area contributed by atoms with Gasteiger partial charge in [0.2, 0.25) is 0 Å². The van der Waals surface area contributed by atoms with E-state index in [1.807, 2.05) is 0 Å². The minimum absolute atomic E-state index is 0.0861. The van der Waals surface area contributed by atoms with Gasteiger partial charge in [0.1, 0.15) is 0 Å². The molecule has 16 heavy (non-hydrogen) atoms. The monoisotopic (exact) mass is 221 g/mol. The maximum Gasteiger partial charge on any atom is 0.326 e. The van der Waals surface area contributed by atoms with Crippen LogP contribution >= 0.6 is 0 Å². The Balaban J connectivity index is 2.48. The van der Waals surface area contributed by atoms with E-state index in [1.165, 1.54) is 4.57 Å².